The molecule has 0 aliphatic heterocycles. The summed E-state index contributed by atoms with van der Waals surface area (Å²) in [7, 11) is -2.81. The average molecular weight is 334 g/mol. The van der Waals surface area contributed by atoms with E-state index in [9.17, 15) is 13.2 Å². The molecule has 1 aliphatic rings. The van der Waals surface area contributed by atoms with Crippen LogP contribution in [0.2, 0.25) is 5.02 Å². The van der Waals surface area contributed by atoms with Crippen molar-refractivity contribution in [2.24, 2.45) is 5.14 Å². The van der Waals surface area contributed by atoms with E-state index in [-0.39, 0.29) is 27.3 Å². The number of hydrogen-bond donors (Lipinski definition) is 1. The van der Waals surface area contributed by atoms with Crippen LogP contribution in [0, 0.1) is 0 Å². The molecule has 1 aromatic rings. The molecule has 8 heteroatoms. The largest absolute Gasteiger partial charge is 0.494 e. The highest BCUT2D eigenvalue weighted by molar-refractivity contribution is 7.89. The van der Waals surface area contributed by atoms with Gasteiger partial charge in [-0.25, -0.2) is 18.4 Å². The molecule has 0 bridgehead atoms. The summed E-state index contributed by atoms with van der Waals surface area (Å²) in [6.07, 6.45) is 3.46. The number of carbonyl (C=O) groups is 1. The van der Waals surface area contributed by atoms with Crippen molar-refractivity contribution in [3.63, 3.8) is 0 Å². The molecule has 21 heavy (non-hydrogen) atoms. The molecule has 0 radical (unpaired) electrons. The number of sulfonamides is 1. The van der Waals surface area contributed by atoms with Gasteiger partial charge in [0.2, 0.25) is 10.0 Å². The van der Waals surface area contributed by atoms with Crippen LogP contribution in [0.5, 0.6) is 5.75 Å². The zero-order valence-electron chi connectivity index (χ0n) is 11.5. The zero-order chi connectivity index (χ0) is 15.6. The maximum absolute atomic E-state index is 12.2. The minimum absolute atomic E-state index is 0.0408. The van der Waals surface area contributed by atoms with E-state index >= 15 is 0 Å². The van der Waals surface area contributed by atoms with E-state index in [4.69, 9.17) is 26.2 Å². The first-order valence-corrected chi connectivity index (χ1v) is 8.36. The van der Waals surface area contributed by atoms with E-state index in [1.165, 1.54) is 13.2 Å². The van der Waals surface area contributed by atoms with E-state index in [1.807, 2.05) is 0 Å². The summed E-state index contributed by atoms with van der Waals surface area (Å²) in [5.41, 5.74) is -0.0408. The van der Waals surface area contributed by atoms with Crippen LogP contribution in [0.25, 0.3) is 0 Å². The lowest BCUT2D eigenvalue weighted by molar-refractivity contribution is 0.0314. The maximum Gasteiger partial charge on any atom is 0.342 e. The molecule has 0 atom stereocenters. The van der Waals surface area contributed by atoms with Crippen molar-refractivity contribution in [3.05, 3.63) is 22.7 Å². The molecule has 0 unspecified atom stereocenters. The molecule has 1 aromatic carbocycles. The number of halogens is 1. The molecule has 6 nitrogen and oxygen atoms in total. The Morgan fingerprint density at radius 2 is 1.95 bits per heavy atom. The molecule has 1 aliphatic carbocycles. The molecule has 116 valence electrons. The lowest BCUT2D eigenvalue weighted by Crippen LogP contribution is -2.18. The van der Waals surface area contributed by atoms with Crippen molar-refractivity contribution in [1.29, 1.82) is 0 Å². The Kier molecular flexibility index (Phi) is 4.75. The molecule has 2 N–H and O–H groups in total. The highest BCUT2D eigenvalue weighted by Crippen LogP contribution is 2.32. The second-order valence-corrected chi connectivity index (χ2v) is 6.81. The predicted octanol–water partition coefficient (Wildman–Crippen LogP) is 2.10. The van der Waals surface area contributed by atoms with Gasteiger partial charge in [-0.15, -0.1) is 0 Å². The van der Waals surface area contributed by atoms with E-state index in [1.54, 1.807) is 0 Å². The SMILES string of the molecule is COc1c(C(=O)OC2CCCC2)cc(Cl)cc1S(N)(=O)=O. The van der Waals surface area contributed by atoms with Crippen LogP contribution < -0.4 is 9.88 Å². The lowest BCUT2D eigenvalue weighted by Gasteiger charge is -2.15. The summed E-state index contributed by atoms with van der Waals surface area (Å²) in [6.45, 7) is 0. The standard InChI is InChI=1S/C13H16ClNO5S/c1-19-12-10(13(16)20-9-4-2-3-5-9)6-8(14)7-11(12)21(15,17)18/h6-7,9H,2-5H2,1H3,(H2,15,17,18). The van der Waals surface area contributed by atoms with Gasteiger partial charge in [0.05, 0.1) is 7.11 Å². The van der Waals surface area contributed by atoms with E-state index in [2.05, 4.69) is 0 Å². The Morgan fingerprint density at radius 3 is 2.48 bits per heavy atom. The van der Waals surface area contributed by atoms with Crippen LogP contribution in [0.15, 0.2) is 17.0 Å². The van der Waals surface area contributed by atoms with Gasteiger partial charge >= 0.3 is 5.97 Å². The number of hydrogen-bond acceptors (Lipinski definition) is 5. The van der Waals surface area contributed by atoms with Gasteiger partial charge in [0.1, 0.15) is 16.6 Å². The third-order valence-electron chi connectivity index (χ3n) is 3.33. The summed E-state index contributed by atoms with van der Waals surface area (Å²) < 4.78 is 33.5. The number of rotatable bonds is 4. The van der Waals surface area contributed by atoms with Crippen LogP contribution in [0.4, 0.5) is 0 Å². The summed E-state index contributed by atoms with van der Waals surface area (Å²) in [5, 5.41) is 5.18. The smallest absolute Gasteiger partial charge is 0.342 e. The number of methoxy groups -OCH3 is 1. The third kappa shape index (κ3) is 3.66. The van der Waals surface area contributed by atoms with Gasteiger partial charge in [-0.1, -0.05) is 11.6 Å². The van der Waals surface area contributed by atoms with Gasteiger partial charge in [0, 0.05) is 5.02 Å². The van der Waals surface area contributed by atoms with Gasteiger partial charge < -0.3 is 9.47 Å². The second kappa shape index (κ2) is 6.21. The van der Waals surface area contributed by atoms with Gasteiger partial charge in [-0.2, -0.15) is 0 Å². The first-order valence-electron chi connectivity index (χ1n) is 6.44. The summed E-state index contributed by atoms with van der Waals surface area (Å²) in [6, 6.07) is 2.45. The van der Waals surface area contributed by atoms with Gasteiger partial charge in [0.15, 0.2) is 5.75 Å². The highest BCUT2D eigenvalue weighted by Gasteiger charge is 2.27. The number of primary sulfonamides is 1. The molecule has 1 saturated carbocycles. The molecule has 0 amide bonds. The Hall–Kier alpha value is -1.31. The fraction of sp³-hybridized carbons (Fsp3) is 0.462. The number of esters is 1. The van der Waals surface area contributed by atoms with E-state index in [0.717, 1.165) is 31.7 Å². The minimum Gasteiger partial charge on any atom is -0.494 e. The maximum atomic E-state index is 12.2. The number of nitrogens with two attached hydrogens (primary N) is 1. The summed E-state index contributed by atoms with van der Waals surface area (Å²) in [5.74, 6) is -0.809. The predicted molar refractivity (Wildman–Crippen MR) is 77.0 cm³/mol. The van der Waals surface area contributed by atoms with E-state index < -0.39 is 16.0 Å². The Bertz CT molecular complexity index is 653. The third-order valence-corrected chi connectivity index (χ3v) is 4.46. The zero-order valence-corrected chi connectivity index (χ0v) is 13.0. The van der Waals surface area contributed by atoms with Crippen LogP contribution in [-0.4, -0.2) is 27.6 Å². The molecule has 0 spiro atoms. The molecule has 2 rings (SSSR count). The Morgan fingerprint density at radius 1 is 1.33 bits per heavy atom. The first kappa shape index (κ1) is 16.1. The Labute approximate surface area is 128 Å². The van der Waals surface area contributed by atoms with Crippen molar-refractivity contribution in [2.75, 3.05) is 7.11 Å². The van der Waals surface area contributed by atoms with Gasteiger partial charge in [-0.3, -0.25) is 0 Å². The molecule has 0 heterocycles. The number of benzene rings is 1. The monoisotopic (exact) mass is 333 g/mol. The van der Waals surface area contributed by atoms with Crippen molar-refractivity contribution >= 4 is 27.6 Å². The number of ether oxygens (including phenoxy) is 2. The van der Waals surface area contributed by atoms with Crippen molar-refractivity contribution in [1.82, 2.24) is 0 Å². The van der Waals surface area contributed by atoms with Crippen LogP contribution in [0.1, 0.15) is 36.0 Å². The second-order valence-electron chi connectivity index (χ2n) is 4.84. The quantitative estimate of drug-likeness (QED) is 0.851. The van der Waals surface area contributed by atoms with Crippen molar-refractivity contribution in [2.45, 2.75) is 36.7 Å². The normalized spacial score (nSPS) is 16.0. The molecular weight excluding hydrogens is 318 g/mol. The summed E-state index contributed by atoms with van der Waals surface area (Å²) >= 11 is 5.86. The first-order chi connectivity index (χ1) is 9.82. The van der Waals surface area contributed by atoms with Gasteiger partial charge in [-0.05, 0) is 37.8 Å². The molecule has 0 aromatic heterocycles. The van der Waals surface area contributed by atoms with Crippen LogP contribution >= 0.6 is 11.6 Å². The molecule has 0 saturated heterocycles. The van der Waals surface area contributed by atoms with Crippen LogP contribution in [0.3, 0.4) is 0 Å². The fourth-order valence-corrected chi connectivity index (χ4v) is 3.39. The van der Waals surface area contributed by atoms with Crippen molar-refractivity contribution < 1.29 is 22.7 Å². The number of carbonyl (C=O) groups excluding carboxylic acids is 1. The fourth-order valence-electron chi connectivity index (χ4n) is 2.36. The molecule has 1 fully saturated rings. The lowest BCUT2D eigenvalue weighted by atomic mass is 10.2. The molecular formula is C13H16ClNO5S. The van der Waals surface area contributed by atoms with Crippen LogP contribution in [-0.2, 0) is 14.8 Å². The highest BCUT2D eigenvalue weighted by atomic mass is 35.5. The topological polar surface area (TPSA) is 95.7 Å². The Balaban J connectivity index is 2.42. The summed E-state index contributed by atoms with van der Waals surface area (Å²) in [4.78, 5) is 11.9. The van der Waals surface area contributed by atoms with Crippen molar-refractivity contribution in [3.8, 4) is 5.75 Å². The minimum atomic E-state index is -4.07. The average Bonchev–Trinajstić information content (AvgIpc) is 2.89. The van der Waals surface area contributed by atoms with E-state index in [0.29, 0.717) is 0 Å². The van der Waals surface area contributed by atoms with Gasteiger partial charge in [0.25, 0.3) is 0 Å².